The average molecular weight is 529 g/mol. The zero-order chi connectivity index (χ0) is 26.9. The number of hydrogen-bond acceptors (Lipinski definition) is 7. The van der Waals surface area contributed by atoms with Crippen LogP contribution in [0.1, 0.15) is 51.7 Å². The van der Waals surface area contributed by atoms with Gasteiger partial charge in [0.15, 0.2) is 5.69 Å². The van der Waals surface area contributed by atoms with Gasteiger partial charge in [-0.25, -0.2) is 9.18 Å². The standard InChI is InChI=1S/C26H26ClFN4O5/c1-14(2)15-7-5-6-8-17(15)26(12-32(13-26)25-31-21(11-37-25)23(34)36-4)24(35)30-20-10-19(28)18(27)9-16(20)22(33)29-3/h5-11,14H,12-13H2,1-4H3,(H,29,33)(H,30,35). The molecule has 1 aliphatic heterocycles. The first-order valence-corrected chi connectivity index (χ1v) is 11.9. The SMILES string of the molecule is CNC(=O)c1cc(Cl)c(F)cc1NC(=O)C1(c2ccccc2C(C)C)CN(c2nc(C(=O)OC)co2)C1. The Hall–Kier alpha value is -3.92. The fraction of sp³-hybridized carbons (Fsp3) is 0.308. The monoisotopic (exact) mass is 528 g/mol. The van der Waals surface area contributed by atoms with E-state index in [2.05, 4.69) is 20.4 Å². The molecule has 0 unspecified atom stereocenters. The minimum atomic E-state index is -1.09. The van der Waals surface area contributed by atoms with E-state index in [0.717, 1.165) is 17.2 Å². The Morgan fingerprint density at radius 2 is 1.92 bits per heavy atom. The molecule has 2 N–H and O–H groups in total. The van der Waals surface area contributed by atoms with E-state index in [4.69, 9.17) is 16.0 Å². The normalized spacial score (nSPS) is 14.2. The third-order valence-corrected chi connectivity index (χ3v) is 6.68. The number of benzene rings is 2. The number of anilines is 2. The number of carbonyl (C=O) groups is 3. The molecule has 2 aromatic carbocycles. The molecule has 3 aromatic rings. The van der Waals surface area contributed by atoms with E-state index in [1.165, 1.54) is 26.5 Å². The Kier molecular flexibility index (Phi) is 7.22. The first kappa shape index (κ1) is 26.2. The summed E-state index contributed by atoms with van der Waals surface area (Å²) in [4.78, 5) is 44.1. The van der Waals surface area contributed by atoms with Crippen LogP contribution in [-0.2, 0) is 14.9 Å². The first-order chi connectivity index (χ1) is 17.6. The van der Waals surface area contributed by atoms with E-state index in [-0.39, 0.29) is 47.0 Å². The van der Waals surface area contributed by atoms with Crippen LogP contribution in [-0.4, -0.2) is 50.0 Å². The van der Waals surface area contributed by atoms with Gasteiger partial charge in [0.25, 0.3) is 11.9 Å². The van der Waals surface area contributed by atoms with Crippen LogP contribution in [0.2, 0.25) is 5.02 Å². The molecule has 0 saturated carbocycles. The second kappa shape index (κ2) is 10.2. The predicted octanol–water partition coefficient (Wildman–Crippen LogP) is 4.13. The third-order valence-electron chi connectivity index (χ3n) is 6.39. The van der Waals surface area contributed by atoms with Crippen molar-refractivity contribution in [2.45, 2.75) is 25.2 Å². The number of esters is 1. The van der Waals surface area contributed by atoms with Gasteiger partial charge in [-0.1, -0.05) is 49.7 Å². The van der Waals surface area contributed by atoms with Gasteiger partial charge in [0.2, 0.25) is 5.91 Å². The Labute approximate surface area is 217 Å². The quantitative estimate of drug-likeness (QED) is 0.443. The Bertz CT molecular complexity index is 1370. The fourth-order valence-corrected chi connectivity index (χ4v) is 4.60. The molecule has 0 atom stereocenters. The summed E-state index contributed by atoms with van der Waals surface area (Å²) in [5, 5.41) is 4.99. The van der Waals surface area contributed by atoms with Gasteiger partial charge in [0.1, 0.15) is 17.5 Å². The summed E-state index contributed by atoms with van der Waals surface area (Å²) in [5.74, 6) is -2.28. The molecule has 9 nitrogen and oxygen atoms in total. The molecule has 0 spiro atoms. The molecule has 1 fully saturated rings. The number of amides is 2. The van der Waals surface area contributed by atoms with Crippen LogP contribution in [0.25, 0.3) is 0 Å². The van der Waals surface area contributed by atoms with E-state index in [0.29, 0.717) is 0 Å². The highest BCUT2D eigenvalue weighted by atomic mass is 35.5. The maximum atomic E-state index is 14.4. The molecule has 2 heterocycles. The van der Waals surface area contributed by atoms with Crippen molar-refractivity contribution in [2.24, 2.45) is 0 Å². The van der Waals surface area contributed by atoms with E-state index >= 15 is 0 Å². The van der Waals surface area contributed by atoms with Crippen LogP contribution >= 0.6 is 11.6 Å². The molecule has 0 aliphatic carbocycles. The minimum Gasteiger partial charge on any atom is -0.464 e. The van der Waals surface area contributed by atoms with Crippen molar-refractivity contribution in [1.82, 2.24) is 10.3 Å². The predicted molar refractivity (Wildman–Crippen MR) is 136 cm³/mol. The van der Waals surface area contributed by atoms with E-state index < -0.39 is 29.0 Å². The van der Waals surface area contributed by atoms with Gasteiger partial charge in [-0.2, -0.15) is 4.98 Å². The van der Waals surface area contributed by atoms with Gasteiger partial charge in [-0.3, -0.25) is 9.59 Å². The van der Waals surface area contributed by atoms with Gasteiger partial charge < -0.3 is 24.7 Å². The zero-order valence-corrected chi connectivity index (χ0v) is 21.5. The summed E-state index contributed by atoms with van der Waals surface area (Å²) in [6, 6.07) is 9.94. The lowest BCUT2D eigenvalue weighted by Gasteiger charge is -2.49. The molecule has 194 valence electrons. The molecule has 11 heteroatoms. The van der Waals surface area contributed by atoms with Crippen molar-refractivity contribution < 1.29 is 27.9 Å². The number of aromatic nitrogens is 1. The second-order valence-corrected chi connectivity index (χ2v) is 9.44. The number of nitrogens with zero attached hydrogens (tertiary/aromatic N) is 2. The van der Waals surface area contributed by atoms with Gasteiger partial charge in [-0.15, -0.1) is 0 Å². The lowest BCUT2D eigenvalue weighted by atomic mass is 9.70. The lowest BCUT2D eigenvalue weighted by molar-refractivity contribution is -0.122. The highest BCUT2D eigenvalue weighted by Gasteiger charge is 2.53. The van der Waals surface area contributed by atoms with Crippen molar-refractivity contribution in [3.05, 3.63) is 75.9 Å². The van der Waals surface area contributed by atoms with Crippen molar-refractivity contribution in [1.29, 1.82) is 0 Å². The zero-order valence-electron chi connectivity index (χ0n) is 20.7. The highest BCUT2D eigenvalue weighted by Crippen LogP contribution is 2.42. The number of methoxy groups -OCH3 is 1. The number of ether oxygens (including phenoxy) is 1. The van der Waals surface area contributed by atoms with E-state index in [1.807, 2.05) is 38.1 Å². The van der Waals surface area contributed by atoms with Crippen LogP contribution in [0, 0.1) is 5.82 Å². The maximum Gasteiger partial charge on any atom is 0.360 e. The van der Waals surface area contributed by atoms with Crippen LogP contribution in [0.4, 0.5) is 16.1 Å². The van der Waals surface area contributed by atoms with Gasteiger partial charge in [-0.05, 0) is 29.2 Å². The lowest BCUT2D eigenvalue weighted by Crippen LogP contribution is -2.65. The molecule has 0 bridgehead atoms. The fourth-order valence-electron chi connectivity index (χ4n) is 4.44. The molecule has 1 saturated heterocycles. The van der Waals surface area contributed by atoms with Gasteiger partial charge >= 0.3 is 5.97 Å². The van der Waals surface area contributed by atoms with Gasteiger partial charge in [0, 0.05) is 20.1 Å². The highest BCUT2D eigenvalue weighted by molar-refractivity contribution is 6.31. The Morgan fingerprint density at radius 3 is 2.57 bits per heavy atom. The van der Waals surface area contributed by atoms with Crippen LogP contribution < -0.4 is 15.5 Å². The van der Waals surface area contributed by atoms with Crippen molar-refractivity contribution in [3.63, 3.8) is 0 Å². The van der Waals surface area contributed by atoms with Crippen LogP contribution in [0.5, 0.6) is 0 Å². The number of rotatable bonds is 7. The molecular formula is C26H26ClFN4O5. The van der Waals surface area contributed by atoms with Crippen molar-refractivity contribution in [3.8, 4) is 0 Å². The van der Waals surface area contributed by atoms with Crippen LogP contribution in [0.3, 0.4) is 0 Å². The topological polar surface area (TPSA) is 114 Å². The maximum absolute atomic E-state index is 14.4. The summed E-state index contributed by atoms with van der Waals surface area (Å²) in [5.41, 5.74) is 0.699. The summed E-state index contributed by atoms with van der Waals surface area (Å²) in [7, 11) is 2.67. The van der Waals surface area contributed by atoms with E-state index in [9.17, 15) is 18.8 Å². The summed E-state index contributed by atoms with van der Waals surface area (Å²) in [6.45, 7) is 4.37. The molecule has 0 radical (unpaired) electrons. The number of halogens is 2. The van der Waals surface area contributed by atoms with E-state index in [1.54, 1.807) is 4.90 Å². The molecule has 1 aromatic heterocycles. The second-order valence-electron chi connectivity index (χ2n) is 9.03. The summed E-state index contributed by atoms with van der Waals surface area (Å²) < 4.78 is 24.5. The minimum absolute atomic E-state index is 0.00444. The summed E-state index contributed by atoms with van der Waals surface area (Å²) in [6.07, 6.45) is 1.19. The number of hydrogen-bond donors (Lipinski definition) is 2. The Balaban J connectivity index is 1.73. The molecule has 4 rings (SSSR count). The first-order valence-electron chi connectivity index (χ1n) is 11.5. The van der Waals surface area contributed by atoms with Crippen molar-refractivity contribution >= 4 is 41.1 Å². The number of nitrogens with one attached hydrogen (secondary N) is 2. The molecule has 1 aliphatic rings. The molecule has 37 heavy (non-hydrogen) atoms. The molecular weight excluding hydrogens is 503 g/mol. The van der Waals surface area contributed by atoms with Crippen LogP contribution in [0.15, 0.2) is 47.1 Å². The smallest absolute Gasteiger partial charge is 0.360 e. The van der Waals surface area contributed by atoms with Gasteiger partial charge in [0.05, 0.1) is 23.4 Å². The average Bonchev–Trinajstić information content (AvgIpc) is 3.34. The summed E-state index contributed by atoms with van der Waals surface area (Å²) >= 11 is 5.90. The van der Waals surface area contributed by atoms with Crippen molar-refractivity contribution in [2.75, 3.05) is 37.5 Å². The number of oxazole rings is 1. The molecule has 2 amide bonds. The largest absolute Gasteiger partial charge is 0.464 e. The Morgan fingerprint density at radius 1 is 1.22 bits per heavy atom. The third kappa shape index (κ3) is 4.76. The number of carbonyl (C=O) groups excluding carboxylic acids is 3.